The second-order valence-corrected chi connectivity index (χ2v) is 3.38. The van der Waals surface area contributed by atoms with Crippen LogP contribution in [0.15, 0.2) is 29.0 Å². The maximum atomic E-state index is 8.82. The van der Waals surface area contributed by atoms with Crippen molar-refractivity contribution in [1.82, 2.24) is 15.1 Å². The number of rotatable bonds is 4. The van der Waals surface area contributed by atoms with Crippen molar-refractivity contribution in [1.29, 1.82) is 0 Å². The molecule has 3 N–H and O–H groups in total. The second-order valence-electron chi connectivity index (χ2n) is 3.38. The van der Waals surface area contributed by atoms with Gasteiger partial charge in [-0.25, -0.2) is 0 Å². The summed E-state index contributed by atoms with van der Waals surface area (Å²) in [6.07, 6.45) is 3.98. The Morgan fingerprint density at radius 3 is 3.06 bits per heavy atom. The number of aliphatic hydroxyl groups excluding tert-OH is 1. The molecule has 2 rings (SSSR count). The molecule has 0 bridgehead atoms. The lowest BCUT2D eigenvalue weighted by Gasteiger charge is -1.98. The molecular weight excluding hydrogens is 208 g/mol. The van der Waals surface area contributed by atoms with Crippen LogP contribution >= 0.6 is 0 Å². The van der Waals surface area contributed by atoms with E-state index in [0.717, 1.165) is 5.56 Å². The van der Waals surface area contributed by atoms with Crippen LogP contribution in [0.5, 0.6) is 0 Å². The minimum atomic E-state index is -0.616. The van der Waals surface area contributed by atoms with Crippen molar-refractivity contribution in [3.05, 3.63) is 41.8 Å². The topological polar surface area (TPSA) is 98.1 Å². The molecule has 0 saturated heterocycles. The SMILES string of the molecule is N[C@@H](CO)c1nc(Cc2cccnc2)no1. The number of aromatic nitrogens is 3. The third-order valence-corrected chi connectivity index (χ3v) is 2.08. The van der Waals surface area contributed by atoms with Crippen LogP contribution in [0.1, 0.15) is 23.3 Å². The quantitative estimate of drug-likeness (QED) is 0.755. The van der Waals surface area contributed by atoms with Gasteiger partial charge in [0, 0.05) is 18.8 Å². The number of nitrogens with zero attached hydrogens (tertiary/aromatic N) is 3. The zero-order valence-corrected chi connectivity index (χ0v) is 8.58. The molecule has 2 heterocycles. The van der Waals surface area contributed by atoms with Gasteiger partial charge < -0.3 is 15.4 Å². The van der Waals surface area contributed by atoms with E-state index in [0.29, 0.717) is 12.2 Å². The maximum Gasteiger partial charge on any atom is 0.245 e. The zero-order chi connectivity index (χ0) is 11.4. The fourth-order valence-electron chi connectivity index (χ4n) is 1.25. The molecule has 0 aliphatic heterocycles. The smallest absolute Gasteiger partial charge is 0.245 e. The first-order chi connectivity index (χ1) is 7.79. The molecule has 0 aliphatic rings. The first-order valence-electron chi connectivity index (χ1n) is 4.87. The van der Waals surface area contributed by atoms with Gasteiger partial charge in [-0.3, -0.25) is 4.98 Å². The molecule has 0 saturated carbocycles. The largest absolute Gasteiger partial charge is 0.394 e. The van der Waals surface area contributed by atoms with Gasteiger partial charge >= 0.3 is 0 Å². The molecule has 2 aromatic heterocycles. The third kappa shape index (κ3) is 2.41. The summed E-state index contributed by atoms with van der Waals surface area (Å²) in [5.74, 6) is 0.785. The standard InChI is InChI=1S/C10H12N4O2/c11-8(6-15)10-13-9(14-16-10)4-7-2-1-3-12-5-7/h1-3,5,8,15H,4,6,11H2/t8-/m0/s1. The maximum absolute atomic E-state index is 8.82. The highest BCUT2D eigenvalue weighted by Crippen LogP contribution is 2.09. The van der Waals surface area contributed by atoms with Gasteiger partial charge in [0.05, 0.1) is 6.61 Å². The molecule has 0 aromatic carbocycles. The van der Waals surface area contributed by atoms with Crippen molar-refractivity contribution in [2.75, 3.05) is 6.61 Å². The summed E-state index contributed by atoms with van der Waals surface area (Å²) in [5, 5.41) is 12.6. The van der Waals surface area contributed by atoms with Gasteiger partial charge in [-0.05, 0) is 11.6 Å². The Bertz CT molecular complexity index is 443. The Hall–Kier alpha value is -1.79. The lowest BCUT2D eigenvalue weighted by Crippen LogP contribution is -2.14. The van der Waals surface area contributed by atoms with E-state index in [1.807, 2.05) is 12.1 Å². The van der Waals surface area contributed by atoms with Gasteiger partial charge in [-0.2, -0.15) is 4.98 Å². The molecule has 0 radical (unpaired) electrons. The van der Waals surface area contributed by atoms with Crippen molar-refractivity contribution in [3.8, 4) is 0 Å². The van der Waals surface area contributed by atoms with E-state index in [1.54, 1.807) is 12.4 Å². The average Bonchev–Trinajstić information content (AvgIpc) is 2.78. The van der Waals surface area contributed by atoms with Crippen LogP contribution in [-0.2, 0) is 6.42 Å². The highest BCUT2D eigenvalue weighted by Gasteiger charge is 2.13. The molecule has 1 atom stereocenters. The molecule has 16 heavy (non-hydrogen) atoms. The number of aliphatic hydroxyl groups is 1. The zero-order valence-electron chi connectivity index (χ0n) is 8.58. The number of pyridine rings is 1. The summed E-state index contributed by atoms with van der Waals surface area (Å²) < 4.78 is 4.92. The fraction of sp³-hybridized carbons (Fsp3) is 0.300. The summed E-state index contributed by atoms with van der Waals surface area (Å²) in [7, 11) is 0. The second kappa shape index (κ2) is 4.82. The summed E-state index contributed by atoms with van der Waals surface area (Å²) in [5.41, 5.74) is 6.54. The van der Waals surface area contributed by atoms with Crippen LogP contribution in [0.25, 0.3) is 0 Å². The Balaban J connectivity index is 2.09. The fourth-order valence-corrected chi connectivity index (χ4v) is 1.25. The highest BCUT2D eigenvalue weighted by atomic mass is 16.5. The van der Waals surface area contributed by atoms with Crippen LogP contribution < -0.4 is 5.73 Å². The van der Waals surface area contributed by atoms with E-state index in [-0.39, 0.29) is 12.5 Å². The van der Waals surface area contributed by atoms with Gasteiger partial charge in [-0.15, -0.1) is 0 Å². The van der Waals surface area contributed by atoms with Crippen LogP contribution in [0.3, 0.4) is 0 Å². The van der Waals surface area contributed by atoms with Crippen molar-refractivity contribution in [2.45, 2.75) is 12.5 Å². The molecule has 0 spiro atoms. The molecule has 6 nitrogen and oxygen atoms in total. The lowest BCUT2D eigenvalue weighted by molar-refractivity contribution is 0.236. The molecule has 0 fully saturated rings. The van der Waals surface area contributed by atoms with Crippen molar-refractivity contribution < 1.29 is 9.63 Å². The highest BCUT2D eigenvalue weighted by molar-refractivity contribution is 5.13. The van der Waals surface area contributed by atoms with E-state index in [2.05, 4.69) is 15.1 Å². The van der Waals surface area contributed by atoms with Crippen molar-refractivity contribution in [3.63, 3.8) is 0 Å². The summed E-state index contributed by atoms with van der Waals surface area (Å²) in [4.78, 5) is 8.07. The summed E-state index contributed by atoms with van der Waals surface area (Å²) >= 11 is 0. The average molecular weight is 220 g/mol. The molecule has 0 amide bonds. The van der Waals surface area contributed by atoms with E-state index >= 15 is 0 Å². The van der Waals surface area contributed by atoms with Crippen LogP contribution in [0, 0.1) is 0 Å². The van der Waals surface area contributed by atoms with Crippen LogP contribution in [0.2, 0.25) is 0 Å². The predicted molar refractivity (Wildman–Crippen MR) is 55.4 cm³/mol. The first-order valence-corrected chi connectivity index (χ1v) is 4.87. The molecule has 0 aliphatic carbocycles. The van der Waals surface area contributed by atoms with Crippen LogP contribution in [0.4, 0.5) is 0 Å². The first kappa shape index (κ1) is 10.7. The normalized spacial score (nSPS) is 12.6. The molecule has 2 aromatic rings. The third-order valence-electron chi connectivity index (χ3n) is 2.08. The minimum absolute atomic E-state index is 0.214. The number of hydrogen-bond donors (Lipinski definition) is 2. The van der Waals surface area contributed by atoms with Gasteiger partial charge in [0.1, 0.15) is 6.04 Å². The van der Waals surface area contributed by atoms with Gasteiger partial charge in [0.15, 0.2) is 5.82 Å². The number of hydrogen-bond acceptors (Lipinski definition) is 6. The molecule has 84 valence electrons. The Labute approximate surface area is 92.1 Å². The minimum Gasteiger partial charge on any atom is -0.394 e. The Morgan fingerprint density at radius 1 is 1.50 bits per heavy atom. The predicted octanol–water partition coefficient (Wildman–Crippen LogP) is 0.0475. The van der Waals surface area contributed by atoms with E-state index in [4.69, 9.17) is 15.4 Å². The summed E-state index contributed by atoms with van der Waals surface area (Å²) in [6, 6.07) is 3.15. The van der Waals surface area contributed by atoms with Gasteiger partial charge in [-0.1, -0.05) is 11.2 Å². The Kier molecular flexibility index (Phi) is 3.23. The van der Waals surface area contributed by atoms with E-state index in [1.165, 1.54) is 0 Å². The van der Waals surface area contributed by atoms with E-state index in [9.17, 15) is 0 Å². The Morgan fingerprint density at radius 2 is 2.38 bits per heavy atom. The van der Waals surface area contributed by atoms with Gasteiger partial charge in [0.2, 0.25) is 5.89 Å². The molecular formula is C10H12N4O2. The van der Waals surface area contributed by atoms with Crippen molar-refractivity contribution in [2.24, 2.45) is 5.73 Å². The lowest BCUT2D eigenvalue weighted by atomic mass is 10.2. The van der Waals surface area contributed by atoms with E-state index < -0.39 is 6.04 Å². The molecule has 0 unspecified atom stereocenters. The number of nitrogens with two attached hydrogens (primary N) is 1. The van der Waals surface area contributed by atoms with Crippen molar-refractivity contribution >= 4 is 0 Å². The van der Waals surface area contributed by atoms with Gasteiger partial charge in [0.25, 0.3) is 0 Å². The monoisotopic (exact) mass is 220 g/mol. The summed E-state index contributed by atoms with van der Waals surface area (Å²) in [6.45, 7) is -0.214. The van der Waals surface area contributed by atoms with Crippen LogP contribution in [-0.4, -0.2) is 26.8 Å². The molecule has 6 heteroatoms.